The third-order valence-electron chi connectivity index (χ3n) is 3.44. The van der Waals surface area contributed by atoms with E-state index in [0.29, 0.717) is 18.0 Å². The van der Waals surface area contributed by atoms with Gasteiger partial charge < -0.3 is 20.1 Å². The lowest BCUT2D eigenvalue weighted by atomic mass is 10.2. The molecule has 2 aromatic rings. The Kier molecular flexibility index (Phi) is 6.90. The monoisotopic (exact) mass is 348 g/mol. The topological polar surface area (TPSA) is 74.4 Å². The van der Waals surface area contributed by atoms with Crippen LogP contribution in [0, 0.1) is 0 Å². The van der Waals surface area contributed by atoms with E-state index < -0.39 is 0 Å². The molecule has 1 heterocycles. The van der Waals surface area contributed by atoms with Gasteiger partial charge in [-0.05, 0) is 49.3 Å². The molecule has 0 fully saturated rings. The molecule has 0 unspecified atom stereocenters. The quantitative estimate of drug-likeness (QED) is 0.297. The summed E-state index contributed by atoms with van der Waals surface area (Å²) in [6, 6.07) is 7.62. The predicted molar refractivity (Wildman–Crippen MR) is 96.8 cm³/mol. The summed E-state index contributed by atoms with van der Waals surface area (Å²) in [6.07, 6.45) is 6.60. The first-order chi connectivity index (χ1) is 11.6. The number of halogens is 1. The molecule has 0 radical (unpaired) electrons. The number of amides is 1. The Morgan fingerprint density at radius 1 is 1.38 bits per heavy atom. The zero-order valence-electron chi connectivity index (χ0n) is 13.5. The largest absolute Gasteiger partial charge is 0.491 e. The fourth-order valence-electron chi connectivity index (χ4n) is 2.22. The number of fused-ring (bicyclic) bond motifs is 1. The highest BCUT2D eigenvalue weighted by Crippen LogP contribution is 2.20. The van der Waals surface area contributed by atoms with Crippen molar-refractivity contribution in [3.63, 3.8) is 0 Å². The summed E-state index contributed by atoms with van der Waals surface area (Å²) >= 11 is 5.97. The molecule has 0 bridgehead atoms. The van der Waals surface area contributed by atoms with Gasteiger partial charge in [-0.25, -0.2) is 0 Å². The van der Waals surface area contributed by atoms with Crippen molar-refractivity contribution in [3.8, 4) is 0 Å². The minimum absolute atomic E-state index is 0.126. The second-order valence-corrected chi connectivity index (χ2v) is 5.67. The Morgan fingerprint density at radius 2 is 2.21 bits per heavy atom. The SMILES string of the molecule is CO/C(=C/C=C/c1cc2cc(Cl)ccc2[nH]1)C(=O)NCCCCO. The van der Waals surface area contributed by atoms with Crippen molar-refractivity contribution in [2.75, 3.05) is 20.3 Å². The van der Waals surface area contributed by atoms with Gasteiger partial charge in [0.2, 0.25) is 0 Å². The van der Waals surface area contributed by atoms with Gasteiger partial charge >= 0.3 is 0 Å². The second-order valence-electron chi connectivity index (χ2n) is 5.24. The minimum atomic E-state index is -0.275. The Bertz CT molecular complexity index is 750. The molecule has 1 amide bonds. The number of nitrogens with one attached hydrogen (secondary N) is 2. The number of methoxy groups -OCH3 is 1. The number of unbranched alkanes of at least 4 members (excludes halogenated alkanes) is 1. The maximum atomic E-state index is 11.9. The van der Waals surface area contributed by atoms with E-state index >= 15 is 0 Å². The number of rotatable bonds is 8. The highest BCUT2D eigenvalue weighted by atomic mass is 35.5. The molecule has 6 heteroatoms. The Balaban J connectivity index is 1.99. The molecule has 24 heavy (non-hydrogen) atoms. The Hall–Kier alpha value is -2.24. The van der Waals surface area contributed by atoms with E-state index in [1.54, 1.807) is 12.2 Å². The molecule has 1 aromatic carbocycles. The van der Waals surface area contributed by atoms with E-state index in [1.165, 1.54) is 7.11 Å². The molecule has 0 aliphatic rings. The van der Waals surface area contributed by atoms with Crippen molar-refractivity contribution in [2.45, 2.75) is 12.8 Å². The van der Waals surface area contributed by atoms with E-state index in [1.807, 2.05) is 30.3 Å². The number of H-pyrrole nitrogens is 1. The van der Waals surface area contributed by atoms with Crippen molar-refractivity contribution in [2.24, 2.45) is 0 Å². The van der Waals surface area contributed by atoms with Crippen molar-refractivity contribution in [1.82, 2.24) is 10.3 Å². The van der Waals surface area contributed by atoms with Crippen LogP contribution in [0.25, 0.3) is 17.0 Å². The lowest BCUT2D eigenvalue weighted by molar-refractivity contribution is -0.120. The van der Waals surface area contributed by atoms with Crippen LogP contribution in [0.15, 0.2) is 42.2 Å². The van der Waals surface area contributed by atoms with Crippen LogP contribution in [0.3, 0.4) is 0 Å². The second kappa shape index (κ2) is 9.15. The molecule has 3 N–H and O–H groups in total. The first-order valence-electron chi connectivity index (χ1n) is 7.73. The van der Waals surface area contributed by atoms with Crippen LogP contribution in [0.4, 0.5) is 0 Å². The number of hydrogen-bond acceptors (Lipinski definition) is 3. The molecular formula is C18H21ClN2O3. The molecule has 2 rings (SSSR count). The lowest BCUT2D eigenvalue weighted by Crippen LogP contribution is -2.26. The zero-order valence-corrected chi connectivity index (χ0v) is 14.3. The highest BCUT2D eigenvalue weighted by Gasteiger charge is 2.07. The molecule has 0 spiro atoms. The zero-order chi connectivity index (χ0) is 17.4. The van der Waals surface area contributed by atoms with Gasteiger partial charge in [-0.2, -0.15) is 0 Å². The average Bonchev–Trinajstić information content (AvgIpc) is 2.97. The number of hydrogen-bond donors (Lipinski definition) is 3. The fourth-order valence-corrected chi connectivity index (χ4v) is 2.40. The standard InChI is InChI=1S/C18H21ClN2O3/c1-24-17(18(23)20-9-2-3-10-22)6-4-5-15-12-13-11-14(19)7-8-16(13)21-15/h4-8,11-12,21-22H,2-3,9-10H2,1H3,(H,20,23)/b5-4+,17-6+. The van der Waals surface area contributed by atoms with Gasteiger partial charge in [0.15, 0.2) is 5.76 Å². The molecule has 1 aromatic heterocycles. The smallest absolute Gasteiger partial charge is 0.286 e. The number of aliphatic hydroxyl groups is 1. The molecule has 0 atom stereocenters. The summed E-state index contributed by atoms with van der Waals surface area (Å²) in [6.45, 7) is 0.633. The Labute approximate surface area is 146 Å². The van der Waals surface area contributed by atoms with Crippen LogP contribution >= 0.6 is 11.6 Å². The lowest BCUT2D eigenvalue weighted by Gasteiger charge is -2.06. The molecule has 0 aliphatic carbocycles. The number of allylic oxidation sites excluding steroid dienone is 2. The van der Waals surface area contributed by atoms with Gasteiger partial charge in [0.25, 0.3) is 5.91 Å². The number of ether oxygens (including phenoxy) is 1. The van der Waals surface area contributed by atoms with E-state index in [0.717, 1.165) is 23.0 Å². The minimum Gasteiger partial charge on any atom is -0.491 e. The number of aliphatic hydroxyl groups excluding tert-OH is 1. The van der Waals surface area contributed by atoms with Crippen molar-refractivity contribution in [1.29, 1.82) is 0 Å². The summed E-state index contributed by atoms with van der Waals surface area (Å²) in [4.78, 5) is 15.2. The van der Waals surface area contributed by atoms with Crippen molar-refractivity contribution in [3.05, 3.63) is 52.9 Å². The molecule has 128 valence electrons. The summed E-state index contributed by atoms with van der Waals surface area (Å²) in [5.74, 6) is -0.0436. The van der Waals surface area contributed by atoms with Crippen LogP contribution in [0.2, 0.25) is 5.02 Å². The van der Waals surface area contributed by atoms with Crippen molar-refractivity contribution >= 4 is 34.5 Å². The van der Waals surface area contributed by atoms with E-state index in [9.17, 15) is 4.79 Å². The fraction of sp³-hybridized carbons (Fsp3) is 0.278. The highest BCUT2D eigenvalue weighted by molar-refractivity contribution is 6.31. The summed E-state index contributed by atoms with van der Waals surface area (Å²) in [5.41, 5.74) is 1.90. The van der Waals surface area contributed by atoms with Gasteiger partial charge in [-0.3, -0.25) is 4.79 Å². The van der Waals surface area contributed by atoms with Crippen LogP contribution < -0.4 is 5.32 Å². The van der Waals surface area contributed by atoms with Crippen molar-refractivity contribution < 1.29 is 14.6 Å². The van der Waals surface area contributed by atoms with Crippen LogP contribution in [0.5, 0.6) is 0 Å². The van der Waals surface area contributed by atoms with Crippen LogP contribution in [-0.4, -0.2) is 36.3 Å². The van der Waals surface area contributed by atoms with Crippen LogP contribution in [0.1, 0.15) is 18.5 Å². The Morgan fingerprint density at radius 3 is 2.96 bits per heavy atom. The molecule has 0 aliphatic heterocycles. The van der Waals surface area contributed by atoms with E-state index in [2.05, 4.69) is 10.3 Å². The maximum Gasteiger partial charge on any atom is 0.286 e. The van der Waals surface area contributed by atoms with E-state index in [4.69, 9.17) is 21.4 Å². The predicted octanol–water partition coefficient (Wildman–Crippen LogP) is 3.25. The number of aromatic nitrogens is 1. The van der Waals surface area contributed by atoms with Gasteiger partial charge in [-0.1, -0.05) is 17.7 Å². The number of benzene rings is 1. The molecule has 5 nitrogen and oxygen atoms in total. The number of carbonyl (C=O) groups excluding carboxylic acids is 1. The summed E-state index contributed by atoms with van der Waals surface area (Å²) in [5, 5.41) is 13.2. The molecule has 0 saturated heterocycles. The molecular weight excluding hydrogens is 328 g/mol. The van der Waals surface area contributed by atoms with Crippen LogP contribution in [-0.2, 0) is 9.53 Å². The van der Waals surface area contributed by atoms with Gasteiger partial charge in [-0.15, -0.1) is 0 Å². The maximum absolute atomic E-state index is 11.9. The van der Waals surface area contributed by atoms with Gasteiger partial charge in [0.1, 0.15) is 0 Å². The van der Waals surface area contributed by atoms with Gasteiger partial charge in [0, 0.05) is 34.8 Å². The average molecular weight is 349 g/mol. The first kappa shape index (κ1) is 18.1. The van der Waals surface area contributed by atoms with Gasteiger partial charge in [0.05, 0.1) is 7.11 Å². The number of carbonyl (C=O) groups is 1. The number of aromatic amines is 1. The third kappa shape index (κ3) is 5.15. The summed E-state index contributed by atoms with van der Waals surface area (Å²) < 4.78 is 5.10. The first-order valence-corrected chi connectivity index (χ1v) is 8.11. The third-order valence-corrected chi connectivity index (χ3v) is 3.68. The van der Waals surface area contributed by atoms with E-state index in [-0.39, 0.29) is 18.3 Å². The summed E-state index contributed by atoms with van der Waals surface area (Å²) in [7, 11) is 1.46. The normalized spacial score (nSPS) is 12.0. The molecule has 0 saturated carbocycles.